The first-order valence-corrected chi connectivity index (χ1v) is 6.72. The molecule has 1 aliphatic rings. The summed E-state index contributed by atoms with van der Waals surface area (Å²) in [5, 5.41) is 2.64. The SMILES string of the molecule is CNC(=O)c1ccc(CN2CCC(C)CC2)cc1. The molecule has 0 spiro atoms. The first-order chi connectivity index (χ1) is 8.69. The molecular formula is C15H22N2O. The zero-order valence-corrected chi connectivity index (χ0v) is 11.3. The van der Waals surface area contributed by atoms with E-state index in [9.17, 15) is 4.79 Å². The molecule has 0 aromatic heterocycles. The first-order valence-electron chi connectivity index (χ1n) is 6.72. The van der Waals surface area contributed by atoms with Crippen molar-refractivity contribution in [3.63, 3.8) is 0 Å². The molecule has 98 valence electrons. The van der Waals surface area contributed by atoms with Crippen LogP contribution in [0.15, 0.2) is 24.3 Å². The fourth-order valence-electron chi connectivity index (χ4n) is 2.38. The highest BCUT2D eigenvalue weighted by Crippen LogP contribution is 2.18. The molecular weight excluding hydrogens is 224 g/mol. The summed E-state index contributed by atoms with van der Waals surface area (Å²) in [6, 6.07) is 7.92. The Bertz CT molecular complexity index is 391. The van der Waals surface area contributed by atoms with Crippen LogP contribution in [0, 0.1) is 5.92 Å². The van der Waals surface area contributed by atoms with E-state index in [-0.39, 0.29) is 5.91 Å². The zero-order chi connectivity index (χ0) is 13.0. The number of piperidine rings is 1. The number of hydrogen-bond donors (Lipinski definition) is 1. The van der Waals surface area contributed by atoms with Gasteiger partial charge in [0, 0.05) is 19.2 Å². The molecule has 0 unspecified atom stereocenters. The maximum atomic E-state index is 11.4. The van der Waals surface area contributed by atoms with Gasteiger partial charge in [0.05, 0.1) is 0 Å². The summed E-state index contributed by atoms with van der Waals surface area (Å²) < 4.78 is 0. The van der Waals surface area contributed by atoms with Gasteiger partial charge in [-0.05, 0) is 49.5 Å². The van der Waals surface area contributed by atoms with Gasteiger partial charge < -0.3 is 5.32 Å². The van der Waals surface area contributed by atoms with Crippen LogP contribution in [-0.2, 0) is 6.54 Å². The van der Waals surface area contributed by atoms with Gasteiger partial charge in [-0.25, -0.2) is 0 Å². The van der Waals surface area contributed by atoms with Crippen LogP contribution in [0.5, 0.6) is 0 Å². The van der Waals surface area contributed by atoms with Crippen LogP contribution in [0.2, 0.25) is 0 Å². The summed E-state index contributed by atoms with van der Waals surface area (Å²) in [6.07, 6.45) is 2.60. The smallest absolute Gasteiger partial charge is 0.251 e. The number of benzene rings is 1. The summed E-state index contributed by atoms with van der Waals surface area (Å²) in [5.74, 6) is 0.852. The molecule has 0 saturated carbocycles. The average molecular weight is 246 g/mol. The molecule has 0 radical (unpaired) electrons. The van der Waals surface area contributed by atoms with Crippen molar-refractivity contribution < 1.29 is 4.79 Å². The largest absolute Gasteiger partial charge is 0.355 e. The van der Waals surface area contributed by atoms with Gasteiger partial charge in [0.25, 0.3) is 5.91 Å². The third kappa shape index (κ3) is 3.33. The number of hydrogen-bond acceptors (Lipinski definition) is 2. The molecule has 3 nitrogen and oxygen atoms in total. The Morgan fingerprint density at radius 1 is 1.28 bits per heavy atom. The molecule has 1 heterocycles. The van der Waals surface area contributed by atoms with Crippen LogP contribution in [0.25, 0.3) is 0 Å². The van der Waals surface area contributed by atoms with E-state index in [4.69, 9.17) is 0 Å². The quantitative estimate of drug-likeness (QED) is 0.887. The average Bonchev–Trinajstić information content (AvgIpc) is 2.41. The number of rotatable bonds is 3. The van der Waals surface area contributed by atoms with Crippen molar-refractivity contribution in [3.8, 4) is 0 Å². The second-order valence-electron chi connectivity index (χ2n) is 5.23. The number of carbonyl (C=O) groups excluding carboxylic acids is 1. The molecule has 3 heteroatoms. The summed E-state index contributed by atoms with van der Waals surface area (Å²) in [7, 11) is 1.66. The van der Waals surface area contributed by atoms with E-state index in [2.05, 4.69) is 29.3 Å². The van der Waals surface area contributed by atoms with Gasteiger partial charge in [-0.3, -0.25) is 9.69 Å². The molecule has 1 aromatic rings. The Kier molecular flexibility index (Phi) is 4.37. The predicted octanol–water partition coefficient (Wildman–Crippen LogP) is 2.28. The third-order valence-electron chi connectivity index (χ3n) is 3.73. The second-order valence-corrected chi connectivity index (χ2v) is 5.23. The molecule has 1 saturated heterocycles. The summed E-state index contributed by atoms with van der Waals surface area (Å²) in [4.78, 5) is 13.9. The first kappa shape index (κ1) is 13.1. The van der Waals surface area contributed by atoms with Gasteiger partial charge in [0.15, 0.2) is 0 Å². The van der Waals surface area contributed by atoms with Crippen molar-refractivity contribution in [1.29, 1.82) is 0 Å². The second kappa shape index (κ2) is 6.01. The van der Waals surface area contributed by atoms with Crippen molar-refractivity contribution in [2.45, 2.75) is 26.3 Å². The number of amides is 1. The Balaban J connectivity index is 1.92. The third-order valence-corrected chi connectivity index (χ3v) is 3.73. The van der Waals surface area contributed by atoms with Crippen LogP contribution < -0.4 is 5.32 Å². The van der Waals surface area contributed by atoms with Crippen LogP contribution in [-0.4, -0.2) is 30.9 Å². The zero-order valence-electron chi connectivity index (χ0n) is 11.3. The van der Waals surface area contributed by atoms with Gasteiger partial charge in [-0.2, -0.15) is 0 Å². The lowest BCUT2D eigenvalue weighted by Crippen LogP contribution is -2.32. The maximum absolute atomic E-state index is 11.4. The Hall–Kier alpha value is -1.35. The summed E-state index contributed by atoms with van der Waals surface area (Å²) in [6.45, 7) is 5.72. The van der Waals surface area contributed by atoms with E-state index < -0.39 is 0 Å². The molecule has 0 aliphatic carbocycles. The highest BCUT2D eigenvalue weighted by Gasteiger charge is 2.15. The van der Waals surface area contributed by atoms with Crippen LogP contribution >= 0.6 is 0 Å². The minimum atomic E-state index is -0.0200. The standard InChI is InChI=1S/C15H22N2O/c1-12-7-9-17(10-8-12)11-13-3-5-14(6-4-13)15(18)16-2/h3-6,12H,7-11H2,1-2H3,(H,16,18). The van der Waals surface area contributed by atoms with Crippen molar-refractivity contribution >= 4 is 5.91 Å². The monoisotopic (exact) mass is 246 g/mol. The highest BCUT2D eigenvalue weighted by molar-refractivity contribution is 5.93. The lowest BCUT2D eigenvalue weighted by atomic mass is 9.99. The normalized spacial score (nSPS) is 17.7. The molecule has 1 aliphatic heterocycles. The fourth-order valence-corrected chi connectivity index (χ4v) is 2.38. The minimum Gasteiger partial charge on any atom is -0.355 e. The van der Waals surface area contributed by atoms with Crippen LogP contribution in [0.4, 0.5) is 0 Å². The van der Waals surface area contributed by atoms with E-state index in [0.717, 1.165) is 18.0 Å². The van der Waals surface area contributed by atoms with Gasteiger partial charge >= 0.3 is 0 Å². The number of nitrogens with one attached hydrogen (secondary N) is 1. The van der Waals surface area contributed by atoms with Gasteiger partial charge in [-0.15, -0.1) is 0 Å². The lowest BCUT2D eigenvalue weighted by Gasteiger charge is -2.30. The van der Waals surface area contributed by atoms with Gasteiger partial charge in [0.1, 0.15) is 0 Å². The van der Waals surface area contributed by atoms with Crippen molar-refractivity contribution in [2.75, 3.05) is 20.1 Å². The number of nitrogens with zero attached hydrogens (tertiary/aromatic N) is 1. The predicted molar refractivity (Wildman–Crippen MR) is 73.5 cm³/mol. The lowest BCUT2D eigenvalue weighted by molar-refractivity contribution is 0.0963. The molecule has 1 N–H and O–H groups in total. The van der Waals surface area contributed by atoms with Crippen molar-refractivity contribution in [3.05, 3.63) is 35.4 Å². The van der Waals surface area contributed by atoms with E-state index in [1.54, 1.807) is 7.05 Å². The Morgan fingerprint density at radius 2 is 1.89 bits per heavy atom. The summed E-state index contributed by atoms with van der Waals surface area (Å²) in [5.41, 5.74) is 2.02. The highest BCUT2D eigenvalue weighted by atomic mass is 16.1. The van der Waals surface area contributed by atoms with E-state index >= 15 is 0 Å². The molecule has 2 rings (SSSR count). The van der Waals surface area contributed by atoms with Crippen LogP contribution in [0.1, 0.15) is 35.7 Å². The number of likely N-dealkylation sites (tertiary alicyclic amines) is 1. The molecule has 1 amide bonds. The number of carbonyl (C=O) groups is 1. The topological polar surface area (TPSA) is 32.3 Å². The summed E-state index contributed by atoms with van der Waals surface area (Å²) >= 11 is 0. The molecule has 1 aromatic carbocycles. The van der Waals surface area contributed by atoms with E-state index in [0.29, 0.717) is 0 Å². The molecule has 18 heavy (non-hydrogen) atoms. The minimum absolute atomic E-state index is 0.0200. The van der Waals surface area contributed by atoms with Crippen molar-refractivity contribution in [2.24, 2.45) is 5.92 Å². The van der Waals surface area contributed by atoms with Gasteiger partial charge in [0.2, 0.25) is 0 Å². The molecule has 0 bridgehead atoms. The molecule has 0 atom stereocenters. The fraction of sp³-hybridized carbons (Fsp3) is 0.533. The Morgan fingerprint density at radius 3 is 2.44 bits per heavy atom. The van der Waals surface area contributed by atoms with E-state index in [1.165, 1.54) is 31.5 Å². The Labute approximate surface area is 109 Å². The van der Waals surface area contributed by atoms with Crippen LogP contribution in [0.3, 0.4) is 0 Å². The maximum Gasteiger partial charge on any atom is 0.251 e. The van der Waals surface area contributed by atoms with Crippen molar-refractivity contribution in [1.82, 2.24) is 10.2 Å². The molecule has 1 fully saturated rings. The van der Waals surface area contributed by atoms with Gasteiger partial charge in [-0.1, -0.05) is 19.1 Å². The van der Waals surface area contributed by atoms with E-state index in [1.807, 2.05) is 12.1 Å².